The van der Waals surface area contributed by atoms with Gasteiger partial charge in [-0.3, -0.25) is 19.8 Å². The van der Waals surface area contributed by atoms with Crippen molar-refractivity contribution in [2.45, 2.75) is 22.6 Å². The molecule has 1 atom stereocenters. The zero-order valence-corrected chi connectivity index (χ0v) is 18.0. The molecule has 1 unspecified atom stereocenters. The molecule has 0 saturated carbocycles. The Bertz CT molecular complexity index is 1170. The summed E-state index contributed by atoms with van der Waals surface area (Å²) in [5, 5.41) is 6.24. The van der Waals surface area contributed by atoms with E-state index in [0.717, 1.165) is 16.1 Å². The van der Waals surface area contributed by atoms with Gasteiger partial charge in [0.25, 0.3) is 5.91 Å². The minimum absolute atomic E-state index is 0.0367. The second-order valence-corrected chi connectivity index (χ2v) is 9.72. The number of para-hydroxylation sites is 1. The topological polar surface area (TPSA) is 62.3 Å². The number of nitrogens with one attached hydrogen (secondary N) is 1. The van der Waals surface area contributed by atoms with E-state index in [-0.39, 0.29) is 11.8 Å². The summed E-state index contributed by atoms with van der Waals surface area (Å²) in [4.78, 5) is 31.9. The van der Waals surface area contributed by atoms with Gasteiger partial charge in [0.15, 0.2) is 10.0 Å². The molecule has 5 rings (SSSR count). The van der Waals surface area contributed by atoms with Gasteiger partial charge in [0.1, 0.15) is 0 Å². The predicted molar refractivity (Wildman–Crippen MR) is 118 cm³/mol. The van der Waals surface area contributed by atoms with Gasteiger partial charge in [-0.15, -0.1) is 11.3 Å². The first-order valence-electron chi connectivity index (χ1n) is 8.81. The van der Waals surface area contributed by atoms with Crippen molar-refractivity contribution in [1.82, 2.24) is 4.98 Å². The molecule has 2 aliphatic heterocycles. The van der Waals surface area contributed by atoms with E-state index in [0.29, 0.717) is 33.7 Å². The molecule has 2 amide bonds. The number of benzene rings is 2. The van der Waals surface area contributed by atoms with Gasteiger partial charge < -0.3 is 0 Å². The van der Waals surface area contributed by atoms with Crippen molar-refractivity contribution >= 4 is 68.9 Å². The lowest BCUT2D eigenvalue weighted by Gasteiger charge is -2.29. The largest absolute Gasteiger partial charge is 0.299 e. The van der Waals surface area contributed by atoms with Crippen LogP contribution in [0.2, 0.25) is 10.0 Å². The van der Waals surface area contributed by atoms with Crippen molar-refractivity contribution in [3.05, 3.63) is 57.9 Å². The lowest BCUT2D eigenvalue weighted by atomic mass is 10.2. The summed E-state index contributed by atoms with van der Waals surface area (Å²) in [6, 6.07) is 12.8. The molecule has 3 aromatic rings. The van der Waals surface area contributed by atoms with Crippen LogP contribution in [-0.4, -0.2) is 21.7 Å². The molecule has 0 aliphatic carbocycles. The molecule has 2 aliphatic rings. The van der Waals surface area contributed by atoms with Crippen LogP contribution in [0.25, 0.3) is 11.3 Å². The second-order valence-electron chi connectivity index (χ2n) is 6.70. The van der Waals surface area contributed by atoms with Gasteiger partial charge in [0, 0.05) is 27.3 Å². The van der Waals surface area contributed by atoms with Crippen LogP contribution in [0.1, 0.15) is 12.8 Å². The number of hydrogen-bond acceptors (Lipinski definition) is 5. The monoisotopic (exact) mass is 461 g/mol. The molecule has 5 nitrogen and oxygen atoms in total. The van der Waals surface area contributed by atoms with Crippen molar-refractivity contribution in [3.8, 4) is 11.3 Å². The van der Waals surface area contributed by atoms with Crippen LogP contribution in [0.4, 0.5) is 10.8 Å². The summed E-state index contributed by atoms with van der Waals surface area (Å²) in [7, 11) is 0. The first-order valence-corrected chi connectivity index (χ1v) is 11.3. The predicted octanol–water partition coefficient (Wildman–Crippen LogP) is 5.68. The van der Waals surface area contributed by atoms with Crippen LogP contribution >= 0.6 is 46.3 Å². The number of thioether (sulfide) groups is 1. The van der Waals surface area contributed by atoms with Crippen LogP contribution in [0.15, 0.2) is 52.7 Å². The first-order chi connectivity index (χ1) is 14.0. The Morgan fingerprint density at radius 1 is 1.21 bits per heavy atom. The molecule has 0 bridgehead atoms. The molecule has 9 heteroatoms. The van der Waals surface area contributed by atoms with Gasteiger partial charge in [0.05, 0.1) is 16.4 Å². The first kappa shape index (κ1) is 18.9. The average Bonchev–Trinajstić information content (AvgIpc) is 3.36. The normalized spacial score (nSPS) is 19.9. The molecular formula is C20H13Cl2N3O2S2. The number of amides is 2. The third-order valence-corrected chi connectivity index (χ3v) is 7.74. The van der Waals surface area contributed by atoms with Crippen LogP contribution < -0.4 is 10.2 Å². The zero-order valence-electron chi connectivity index (χ0n) is 14.8. The fourth-order valence-corrected chi connectivity index (χ4v) is 6.27. The summed E-state index contributed by atoms with van der Waals surface area (Å²) < 4.78 is 0. The molecule has 1 fully saturated rings. The smallest absolute Gasteiger partial charge is 0.263 e. The third-order valence-electron chi connectivity index (χ3n) is 4.96. The average molecular weight is 462 g/mol. The van der Waals surface area contributed by atoms with Gasteiger partial charge >= 0.3 is 0 Å². The number of aromatic nitrogens is 1. The van der Waals surface area contributed by atoms with Gasteiger partial charge in [0.2, 0.25) is 5.91 Å². The number of thiazole rings is 1. The van der Waals surface area contributed by atoms with E-state index in [1.54, 1.807) is 23.1 Å². The Morgan fingerprint density at radius 2 is 2.03 bits per heavy atom. The highest BCUT2D eigenvalue weighted by molar-refractivity contribution is 8.02. The van der Waals surface area contributed by atoms with E-state index in [2.05, 4.69) is 10.3 Å². The van der Waals surface area contributed by atoms with Crippen LogP contribution in [0, 0.1) is 0 Å². The fourth-order valence-electron chi connectivity index (χ4n) is 3.65. The molecule has 2 aromatic carbocycles. The number of carbonyl (C=O) groups excluding carboxylic acids is 2. The van der Waals surface area contributed by atoms with Crippen molar-refractivity contribution < 1.29 is 9.59 Å². The Kier molecular flexibility index (Phi) is 4.58. The van der Waals surface area contributed by atoms with Crippen molar-refractivity contribution in [2.75, 3.05) is 10.2 Å². The molecular weight excluding hydrogens is 449 g/mol. The Balaban J connectivity index is 1.43. The maximum Gasteiger partial charge on any atom is 0.263 e. The Hall–Kier alpha value is -2.06. The highest BCUT2D eigenvalue weighted by atomic mass is 35.5. The van der Waals surface area contributed by atoms with Crippen LogP contribution in [0.3, 0.4) is 0 Å². The van der Waals surface area contributed by atoms with E-state index in [1.807, 2.05) is 29.6 Å². The maximum atomic E-state index is 13.3. The lowest BCUT2D eigenvalue weighted by Crippen LogP contribution is -2.49. The molecule has 29 heavy (non-hydrogen) atoms. The molecule has 0 spiro atoms. The van der Waals surface area contributed by atoms with Gasteiger partial charge in [-0.25, -0.2) is 4.98 Å². The number of rotatable bonds is 3. The maximum absolute atomic E-state index is 13.3. The van der Waals surface area contributed by atoms with Crippen LogP contribution in [-0.2, 0) is 9.59 Å². The quantitative estimate of drug-likeness (QED) is 0.544. The minimum Gasteiger partial charge on any atom is -0.299 e. The lowest BCUT2D eigenvalue weighted by molar-refractivity contribution is -0.121. The van der Waals surface area contributed by atoms with Gasteiger partial charge in [-0.05, 0) is 36.8 Å². The number of nitrogens with zero attached hydrogens (tertiary/aromatic N) is 2. The van der Waals surface area contributed by atoms with E-state index in [1.165, 1.54) is 23.1 Å². The number of carbonyl (C=O) groups is 2. The fraction of sp³-hybridized carbons (Fsp3) is 0.150. The van der Waals surface area contributed by atoms with Crippen molar-refractivity contribution in [1.29, 1.82) is 0 Å². The van der Waals surface area contributed by atoms with Gasteiger partial charge in [-0.2, -0.15) is 0 Å². The van der Waals surface area contributed by atoms with Crippen molar-refractivity contribution in [2.24, 2.45) is 0 Å². The Morgan fingerprint density at radius 3 is 2.86 bits per heavy atom. The summed E-state index contributed by atoms with van der Waals surface area (Å²) in [5.41, 5.74) is 2.19. The van der Waals surface area contributed by atoms with Gasteiger partial charge in [-0.1, -0.05) is 47.1 Å². The van der Waals surface area contributed by atoms with E-state index >= 15 is 0 Å². The molecule has 1 N–H and O–H groups in total. The zero-order chi connectivity index (χ0) is 20.2. The van der Waals surface area contributed by atoms with E-state index in [9.17, 15) is 9.59 Å². The summed E-state index contributed by atoms with van der Waals surface area (Å²) in [5.74, 6) is -0.280. The SMILES string of the molecule is O=C1CCC2(C(=O)Nc3nc(-c4ccc(Cl)cc4Cl)cs3)Sc3ccccc3N12. The van der Waals surface area contributed by atoms with E-state index in [4.69, 9.17) is 23.2 Å². The highest BCUT2D eigenvalue weighted by Gasteiger charge is 2.57. The molecule has 146 valence electrons. The number of fused-ring (bicyclic) bond motifs is 3. The summed E-state index contributed by atoms with van der Waals surface area (Å²) in [6.45, 7) is 0. The number of hydrogen-bond donors (Lipinski definition) is 1. The van der Waals surface area contributed by atoms with Crippen LogP contribution in [0.5, 0.6) is 0 Å². The van der Waals surface area contributed by atoms with E-state index < -0.39 is 4.87 Å². The number of anilines is 2. The third kappa shape index (κ3) is 3.04. The summed E-state index contributed by atoms with van der Waals surface area (Å²) in [6.07, 6.45) is 0.802. The van der Waals surface area contributed by atoms with Crippen molar-refractivity contribution in [3.63, 3.8) is 0 Å². The second kappa shape index (κ2) is 7.02. The molecule has 1 saturated heterocycles. The highest BCUT2D eigenvalue weighted by Crippen LogP contribution is 2.56. The minimum atomic E-state index is -0.968. The Labute approximate surface area is 185 Å². The summed E-state index contributed by atoms with van der Waals surface area (Å²) >= 11 is 15.0. The molecule has 1 aromatic heterocycles. The number of halogens is 2. The standard InChI is InChI=1S/C20H13Cl2N3O2S2/c21-11-5-6-12(13(22)9-11)14-10-28-19(23-14)24-18(27)20-8-7-17(26)25(20)15-3-1-2-4-16(15)29-20/h1-6,9-10H,7-8H2,(H,23,24,27). The molecule has 3 heterocycles. The molecule has 0 radical (unpaired) electrons.